The maximum Gasteiger partial charge on any atom is 0.0968 e. The number of aromatic amines is 1. The van der Waals surface area contributed by atoms with Crippen molar-refractivity contribution < 1.29 is 0 Å². The summed E-state index contributed by atoms with van der Waals surface area (Å²) in [7, 11) is 0. The number of hydrogen-bond donors (Lipinski definition) is 1. The van der Waals surface area contributed by atoms with Gasteiger partial charge in [0.15, 0.2) is 0 Å². The van der Waals surface area contributed by atoms with Crippen molar-refractivity contribution in [2.45, 2.75) is 6.42 Å². The molecular formula is C20H14N2. The summed E-state index contributed by atoms with van der Waals surface area (Å²) < 4.78 is 0. The molecule has 1 aliphatic rings. The molecule has 22 heavy (non-hydrogen) atoms. The molecule has 0 aliphatic heterocycles. The van der Waals surface area contributed by atoms with Gasteiger partial charge in [0.2, 0.25) is 0 Å². The topological polar surface area (TPSA) is 28.7 Å². The van der Waals surface area contributed by atoms with E-state index in [4.69, 9.17) is 0 Å². The number of fused-ring (bicyclic) bond motifs is 4. The van der Waals surface area contributed by atoms with Crippen LogP contribution in [0.2, 0.25) is 0 Å². The third-order valence-corrected chi connectivity index (χ3v) is 4.57. The van der Waals surface area contributed by atoms with Gasteiger partial charge in [-0.25, -0.2) is 0 Å². The van der Waals surface area contributed by atoms with E-state index in [1.807, 2.05) is 0 Å². The summed E-state index contributed by atoms with van der Waals surface area (Å²) in [5, 5.41) is 10.4. The molecule has 1 aromatic heterocycles. The van der Waals surface area contributed by atoms with E-state index in [1.54, 1.807) is 0 Å². The van der Waals surface area contributed by atoms with Crippen molar-refractivity contribution in [3.63, 3.8) is 0 Å². The summed E-state index contributed by atoms with van der Waals surface area (Å²) in [4.78, 5) is 0. The number of rotatable bonds is 1. The summed E-state index contributed by atoms with van der Waals surface area (Å²) in [6.07, 6.45) is 0.959. The zero-order chi connectivity index (χ0) is 14.5. The highest BCUT2D eigenvalue weighted by atomic mass is 15.1. The summed E-state index contributed by atoms with van der Waals surface area (Å²) in [5.74, 6) is 0. The molecule has 0 bridgehead atoms. The molecule has 3 aromatic carbocycles. The Balaban J connectivity index is 1.77. The van der Waals surface area contributed by atoms with Gasteiger partial charge in [-0.3, -0.25) is 5.10 Å². The van der Waals surface area contributed by atoms with E-state index in [9.17, 15) is 0 Å². The molecule has 1 aliphatic carbocycles. The normalized spacial score (nSPS) is 12.4. The predicted molar refractivity (Wildman–Crippen MR) is 89.8 cm³/mol. The molecule has 2 nitrogen and oxygen atoms in total. The average molecular weight is 282 g/mol. The predicted octanol–water partition coefficient (Wildman–Crippen LogP) is 4.80. The second-order valence-electron chi connectivity index (χ2n) is 5.79. The van der Waals surface area contributed by atoms with Gasteiger partial charge in [0.25, 0.3) is 0 Å². The zero-order valence-corrected chi connectivity index (χ0v) is 12.0. The second kappa shape index (κ2) is 4.31. The smallest absolute Gasteiger partial charge is 0.0968 e. The van der Waals surface area contributed by atoms with Crippen LogP contribution in [-0.2, 0) is 6.42 Å². The van der Waals surface area contributed by atoms with Crippen molar-refractivity contribution in [1.82, 2.24) is 10.2 Å². The quantitative estimate of drug-likeness (QED) is 0.470. The fourth-order valence-electron chi connectivity index (χ4n) is 3.52. The molecule has 1 heterocycles. The third kappa shape index (κ3) is 1.52. The highest BCUT2D eigenvalue weighted by Gasteiger charge is 2.25. The number of H-pyrrole nitrogens is 1. The lowest BCUT2D eigenvalue weighted by Crippen LogP contribution is -1.88. The van der Waals surface area contributed by atoms with Gasteiger partial charge in [0.1, 0.15) is 0 Å². The molecule has 0 spiro atoms. The largest absolute Gasteiger partial charge is 0.277 e. The van der Waals surface area contributed by atoms with Crippen molar-refractivity contribution in [3.05, 3.63) is 77.9 Å². The highest BCUT2D eigenvalue weighted by molar-refractivity contribution is 5.97. The molecule has 2 heteroatoms. The minimum absolute atomic E-state index is 0.959. The van der Waals surface area contributed by atoms with Crippen LogP contribution in [0.4, 0.5) is 0 Å². The Labute approximate surface area is 128 Å². The third-order valence-electron chi connectivity index (χ3n) is 4.57. The van der Waals surface area contributed by atoms with Gasteiger partial charge in [-0.1, -0.05) is 66.7 Å². The molecule has 0 saturated carbocycles. The summed E-state index contributed by atoms with van der Waals surface area (Å²) in [6, 6.07) is 23.5. The number of benzene rings is 3. The summed E-state index contributed by atoms with van der Waals surface area (Å²) in [5.41, 5.74) is 7.46. The second-order valence-corrected chi connectivity index (χ2v) is 5.79. The Bertz CT molecular complexity index is 1010. The van der Waals surface area contributed by atoms with Crippen LogP contribution in [0.5, 0.6) is 0 Å². The minimum Gasteiger partial charge on any atom is -0.277 e. The van der Waals surface area contributed by atoms with E-state index in [-0.39, 0.29) is 0 Å². The van der Waals surface area contributed by atoms with Crippen molar-refractivity contribution in [2.24, 2.45) is 0 Å². The number of aromatic nitrogens is 2. The molecule has 104 valence electrons. The highest BCUT2D eigenvalue weighted by Crippen LogP contribution is 2.41. The van der Waals surface area contributed by atoms with Crippen LogP contribution in [0.25, 0.3) is 33.3 Å². The Hall–Kier alpha value is -2.87. The Kier molecular flexibility index (Phi) is 2.30. The molecule has 4 aromatic rings. The van der Waals surface area contributed by atoms with Crippen molar-refractivity contribution in [3.8, 4) is 22.5 Å². The van der Waals surface area contributed by atoms with Crippen molar-refractivity contribution >= 4 is 10.8 Å². The van der Waals surface area contributed by atoms with Crippen molar-refractivity contribution in [1.29, 1.82) is 0 Å². The molecule has 0 atom stereocenters. The van der Waals surface area contributed by atoms with Crippen LogP contribution >= 0.6 is 0 Å². The van der Waals surface area contributed by atoms with Gasteiger partial charge < -0.3 is 0 Å². The molecule has 0 saturated heterocycles. The van der Waals surface area contributed by atoms with Crippen LogP contribution in [0.15, 0.2) is 66.7 Å². The lowest BCUT2D eigenvalue weighted by molar-refractivity contribution is 1.10. The molecule has 0 radical (unpaired) electrons. The first-order chi connectivity index (χ1) is 10.9. The van der Waals surface area contributed by atoms with E-state index in [1.165, 1.54) is 38.7 Å². The first-order valence-corrected chi connectivity index (χ1v) is 7.55. The first kappa shape index (κ1) is 11.8. The Morgan fingerprint density at radius 3 is 2.55 bits per heavy atom. The minimum atomic E-state index is 0.959. The maximum atomic E-state index is 4.63. The van der Waals surface area contributed by atoms with Crippen LogP contribution in [0.1, 0.15) is 11.1 Å². The van der Waals surface area contributed by atoms with Gasteiger partial charge in [0, 0.05) is 23.1 Å². The molecule has 1 N–H and O–H groups in total. The van der Waals surface area contributed by atoms with Gasteiger partial charge in [-0.05, 0) is 16.3 Å². The lowest BCUT2D eigenvalue weighted by Gasteiger charge is -2.05. The average Bonchev–Trinajstić information content (AvgIpc) is 3.13. The van der Waals surface area contributed by atoms with Crippen LogP contribution in [0, 0.1) is 0 Å². The summed E-state index contributed by atoms with van der Waals surface area (Å²) >= 11 is 0. The van der Waals surface area contributed by atoms with Crippen LogP contribution < -0.4 is 0 Å². The fourth-order valence-corrected chi connectivity index (χ4v) is 3.52. The Morgan fingerprint density at radius 1 is 0.773 bits per heavy atom. The van der Waals surface area contributed by atoms with E-state index in [2.05, 4.69) is 76.9 Å². The maximum absolute atomic E-state index is 4.63. The molecule has 0 amide bonds. The summed E-state index contributed by atoms with van der Waals surface area (Å²) in [6.45, 7) is 0. The number of nitrogens with one attached hydrogen (secondary N) is 1. The lowest BCUT2D eigenvalue weighted by atomic mass is 9.99. The molecule has 0 unspecified atom stereocenters. The van der Waals surface area contributed by atoms with Crippen LogP contribution in [-0.4, -0.2) is 10.2 Å². The van der Waals surface area contributed by atoms with E-state index >= 15 is 0 Å². The van der Waals surface area contributed by atoms with Gasteiger partial charge in [-0.15, -0.1) is 0 Å². The van der Waals surface area contributed by atoms with Gasteiger partial charge >= 0.3 is 0 Å². The molecular weight excluding hydrogens is 268 g/mol. The van der Waals surface area contributed by atoms with E-state index in [0.29, 0.717) is 0 Å². The van der Waals surface area contributed by atoms with E-state index in [0.717, 1.165) is 12.1 Å². The molecule has 5 rings (SSSR count). The SMILES string of the molecule is c1ccc2c(c1)Cc1c(-c3cccc4ccccc34)n[nH]c1-2. The van der Waals surface area contributed by atoms with E-state index < -0.39 is 0 Å². The molecule has 0 fully saturated rings. The first-order valence-electron chi connectivity index (χ1n) is 7.55. The standard InChI is InChI=1S/C20H14N2/c1-3-9-15-13(6-1)8-5-11-17(15)20-18-12-14-7-2-4-10-16(14)19(18)21-22-20/h1-11H,12H2,(H,21,22). The monoisotopic (exact) mass is 282 g/mol. The zero-order valence-electron chi connectivity index (χ0n) is 12.0. The number of nitrogens with zero attached hydrogens (tertiary/aromatic N) is 1. The van der Waals surface area contributed by atoms with Crippen LogP contribution in [0.3, 0.4) is 0 Å². The van der Waals surface area contributed by atoms with Crippen molar-refractivity contribution in [2.75, 3.05) is 0 Å². The number of hydrogen-bond acceptors (Lipinski definition) is 1. The Morgan fingerprint density at radius 2 is 1.55 bits per heavy atom. The fraction of sp³-hybridized carbons (Fsp3) is 0.0500. The van der Waals surface area contributed by atoms with Gasteiger partial charge in [-0.2, -0.15) is 5.10 Å². The van der Waals surface area contributed by atoms with Gasteiger partial charge in [0.05, 0.1) is 11.4 Å².